The summed E-state index contributed by atoms with van der Waals surface area (Å²) < 4.78 is 5.18. The average molecular weight is 259 g/mol. The summed E-state index contributed by atoms with van der Waals surface area (Å²) >= 11 is 0. The predicted molar refractivity (Wildman–Crippen MR) is 72.8 cm³/mol. The van der Waals surface area contributed by atoms with Crippen molar-refractivity contribution in [3.05, 3.63) is 42.1 Å². The molecule has 2 rings (SSSR count). The van der Waals surface area contributed by atoms with Crippen LogP contribution in [0.2, 0.25) is 0 Å². The average Bonchev–Trinajstić information content (AvgIpc) is 2.94. The standard InChI is InChI=1S/C14H17N3O2/c1-15-8-5-9-16-14(18)12-10-13(19-17-12)11-6-3-2-4-7-11/h2-4,6-7,10,15H,5,8-9H2,1H3,(H,16,18). The van der Waals surface area contributed by atoms with Gasteiger partial charge in [-0.15, -0.1) is 0 Å². The lowest BCUT2D eigenvalue weighted by Gasteiger charge is -2.01. The highest BCUT2D eigenvalue weighted by atomic mass is 16.5. The molecule has 100 valence electrons. The fourth-order valence-electron chi connectivity index (χ4n) is 1.68. The van der Waals surface area contributed by atoms with Crippen LogP contribution in [0.25, 0.3) is 11.3 Å². The zero-order valence-corrected chi connectivity index (χ0v) is 10.8. The summed E-state index contributed by atoms with van der Waals surface area (Å²) in [5.74, 6) is 0.392. The van der Waals surface area contributed by atoms with E-state index >= 15 is 0 Å². The summed E-state index contributed by atoms with van der Waals surface area (Å²) in [4.78, 5) is 11.8. The molecule has 5 heteroatoms. The Bertz CT molecular complexity index is 522. The molecule has 2 N–H and O–H groups in total. The number of nitrogens with one attached hydrogen (secondary N) is 2. The Hall–Kier alpha value is -2.14. The number of carbonyl (C=O) groups is 1. The number of rotatable bonds is 6. The fourth-order valence-corrected chi connectivity index (χ4v) is 1.68. The molecule has 0 fully saturated rings. The third-order valence-electron chi connectivity index (χ3n) is 2.69. The van der Waals surface area contributed by atoms with Gasteiger partial charge in [-0.25, -0.2) is 0 Å². The van der Waals surface area contributed by atoms with E-state index in [4.69, 9.17) is 4.52 Å². The number of carbonyl (C=O) groups excluding carboxylic acids is 1. The van der Waals surface area contributed by atoms with Crippen molar-refractivity contribution in [3.63, 3.8) is 0 Å². The largest absolute Gasteiger partial charge is 0.355 e. The van der Waals surface area contributed by atoms with Crippen molar-refractivity contribution in [2.45, 2.75) is 6.42 Å². The molecular weight excluding hydrogens is 242 g/mol. The van der Waals surface area contributed by atoms with Gasteiger partial charge in [0.25, 0.3) is 5.91 Å². The normalized spacial score (nSPS) is 10.4. The SMILES string of the molecule is CNCCCNC(=O)c1cc(-c2ccccc2)on1. The molecule has 2 aromatic rings. The Morgan fingerprint density at radius 3 is 2.79 bits per heavy atom. The number of hydrogen-bond donors (Lipinski definition) is 2. The van der Waals surface area contributed by atoms with Gasteiger partial charge in [0.05, 0.1) is 0 Å². The van der Waals surface area contributed by atoms with Gasteiger partial charge in [-0.1, -0.05) is 35.5 Å². The molecule has 1 aromatic carbocycles. The summed E-state index contributed by atoms with van der Waals surface area (Å²) in [6, 6.07) is 11.2. The molecule has 0 unspecified atom stereocenters. The lowest BCUT2D eigenvalue weighted by atomic mass is 10.1. The minimum Gasteiger partial charge on any atom is -0.355 e. The molecule has 0 saturated carbocycles. The third kappa shape index (κ3) is 3.66. The Kier molecular flexibility index (Phi) is 4.69. The Labute approximate surface area is 112 Å². The number of nitrogens with zero attached hydrogens (tertiary/aromatic N) is 1. The Balaban J connectivity index is 1.95. The van der Waals surface area contributed by atoms with Gasteiger partial charge in [0.15, 0.2) is 11.5 Å². The predicted octanol–water partition coefficient (Wildman–Crippen LogP) is 1.68. The molecule has 1 amide bonds. The summed E-state index contributed by atoms with van der Waals surface area (Å²) in [6.07, 6.45) is 0.881. The van der Waals surface area contributed by atoms with Crippen molar-refractivity contribution in [2.24, 2.45) is 0 Å². The smallest absolute Gasteiger partial charge is 0.273 e. The maximum atomic E-state index is 11.8. The van der Waals surface area contributed by atoms with Gasteiger partial charge in [0.1, 0.15) is 0 Å². The van der Waals surface area contributed by atoms with E-state index in [1.165, 1.54) is 0 Å². The summed E-state index contributed by atoms with van der Waals surface area (Å²) in [5, 5.41) is 9.61. The quantitative estimate of drug-likeness (QED) is 0.775. The van der Waals surface area contributed by atoms with Gasteiger partial charge in [0.2, 0.25) is 0 Å². The summed E-state index contributed by atoms with van der Waals surface area (Å²) in [5.41, 5.74) is 1.22. The highest BCUT2D eigenvalue weighted by molar-refractivity contribution is 5.93. The van der Waals surface area contributed by atoms with Crippen LogP contribution < -0.4 is 10.6 Å². The topological polar surface area (TPSA) is 67.2 Å². The Morgan fingerprint density at radius 2 is 2.05 bits per heavy atom. The molecule has 0 radical (unpaired) electrons. The highest BCUT2D eigenvalue weighted by Crippen LogP contribution is 2.19. The third-order valence-corrected chi connectivity index (χ3v) is 2.69. The second-order valence-corrected chi connectivity index (χ2v) is 4.16. The van der Waals surface area contributed by atoms with E-state index in [0.29, 0.717) is 18.0 Å². The number of benzene rings is 1. The van der Waals surface area contributed by atoms with Gasteiger partial charge >= 0.3 is 0 Å². The second-order valence-electron chi connectivity index (χ2n) is 4.16. The first-order valence-corrected chi connectivity index (χ1v) is 6.26. The van der Waals surface area contributed by atoms with Crippen LogP contribution >= 0.6 is 0 Å². The van der Waals surface area contributed by atoms with Crippen LogP contribution in [0, 0.1) is 0 Å². The second kappa shape index (κ2) is 6.70. The lowest BCUT2D eigenvalue weighted by Crippen LogP contribution is -2.26. The van der Waals surface area contributed by atoms with Crippen LogP contribution in [0.1, 0.15) is 16.9 Å². The van der Waals surface area contributed by atoms with E-state index in [0.717, 1.165) is 18.5 Å². The van der Waals surface area contributed by atoms with E-state index in [-0.39, 0.29) is 5.91 Å². The van der Waals surface area contributed by atoms with Gasteiger partial charge in [0, 0.05) is 18.2 Å². The zero-order valence-electron chi connectivity index (χ0n) is 10.8. The van der Waals surface area contributed by atoms with Crippen LogP contribution in [0.15, 0.2) is 40.9 Å². The van der Waals surface area contributed by atoms with Gasteiger partial charge in [-0.2, -0.15) is 0 Å². The van der Waals surface area contributed by atoms with Gasteiger partial charge in [-0.3, -0.25) is 4.79 Å². The molecule has 0 spiro atoms. The van der Waals surface area contributed by atoms with E-state index in [1.807, 2.05) is 37.4 Å². The van der Waals surface area contributed by atoms with Crippen LogP contribution in [0.4, 0.5) is 0 Å². The molecule has 19 heavy (non-hydrogen) atoms. The van der Waals surface area contributed by atoms with Crippen molar-refractivity contribution in [3.8, 4) is 11.3 Å². The van der Waals surface area contributed by atoms with Crippen molar-refractivity contribution in [1.82, 2.24) is 15.8 Å². The summed E-state index contributed by atoms with van der Waals surface area (Å²) in [7, 11) is 1.88. The Morgan fingerprint density at radius 1 is 1.26 bits per heavy atom. The van der Waals surface area contributed by atoms with Crippen LogP contribution in [0.5, 0.6) is 0 Å². The number of amides is 1. The molecule has 0 aliphatic heterocycles. The van der Waals surface area contributed by atoms with Gasteiger partial charge < -0.3 is 15.2 Å². The minimum atomic E-state index is -0.206. The minimum absolute atomic E-state index is 0.206. The van der Waals surface area contributed by atoms with E-state index in [2.05, 4.69) is 15.8 Å². The maximum Gasteiger partial charge on any atom is 0.273 e. The first kappa shape index (κ1) is 13.3. The van der Waals surface area contributed by atoms with Crippen molar-refractivity contribution in [1.29, 1.82) is 0 Å². The monoisotopic (exact) mass is 259 g/mol. The first-order valence-electron chi connectivity index (χ1n) is 6.26. The van der Waals surface area contributed by atoms with E-state index < -0.39 is 0 Å². The lowest BCUT2D eigenvalue weighted by molar-refractivity contribution is 0.0944. The molecule has 0 bridgehead atoms. The molecule has 0 saturated heterocycles. The number of aromatic nitrogens is 1. The van der Waals surface area contributed by atoms with Crippen LogP contribution in [-0.2, 0) is 0 Å². The molecule has 5 nitrogen and oxygen atoms in total. The molecular formula is C14H17N3O2. The zero-order chi connectivity index (χ0) is 13.5. The number of hydrogen-bond acceptors (Lipinski definition) is 4. The fraction of sp³-hybridized carbons (Fsp3) is 0.286. The van der Waals surface area contributed by atoms with Crippen molar-refractivity contribution in [2.75, 3.05) is 20.1 Å². The summed E-state index contributed by atoms with van der Waals surface area (Å²) in [6.45, 7) is 1.49. The maximum absolute atomic E-state index is 11.8. The first-order chi connectivity index (χ1) is 9.31. The molecule has 0 atom stereocenters. The molecule has 0 aliphatic rings. The van der Waals surface area contributed by atoms with E-state index in [9.17, 15) is 4.79 Å². The van der Waals surface area contributed by atoms with Gasteiger partial charge in [-0.05, 0) is 20.0 Å². The van der Waals surface area contributed by atoms with Crippen molar-refractivity contribution >= 4 is 5.91 Å². The highest BCUT2D eigenvalue weighted by Gasteiger charge is 2.12. The van der Waals surface area contributed by atoms with Crippen LogP contribution in [0.3, 0.4) is 0 Å². The van der Waals surface area contributed by atoms with E-state index in [1.54, 1.807) is 6.07 Å². The molecule has 0 aliphatic carbocycles. The molecule has 1 aromatic heterocycles. The van der Waals surface area contributed by atoms with Crippen molar-refractivity contribution < 1.29 is 9.32 Å². The molecule has 1 heterocycles. The van der Waals surface area contributed by atoms with Crippen LogP contribution in [-0.4, -0.2) is 31.2 Å².